The Morgan fingerprint density at radius 2 is 1.72 bits per heavy atom. The quantitative estimate of drug-likeness (QED) is 0.303. The molecule has 0 aliphatic carbocycles. The Hall–Kier alpha value is -1.72. The van der Waals surface area contributed by atoms with Crippen molar-refractivity contribution in [3.8, 4) is 0 Å². The van der Waals surface area contributed by atoms with Gasteiger partial charge >= 0.3 is 24.3 Å². The highest BCUT2D eigenvalue weighted by atomic mass is 35.5. The van der Waals surface area contributed by atoms with Crippen molar-refractivity contribution >= 4 is 35.8 Å². The largest absolute Gasteiger partial charge is 0.488 e. The van der Waals surface area contributed by atoms with Crippen LogP contribution in [-0.2, 0) is 10.7 Å². The van der Waals surface area contributed by atoms with E-state index in [0.717, 1.165) is 0 Å². The summed E-state index contributed by atoms with van der Waals surface area (Å²) in [6.45, 7) is 4.37. The number of anilines is 1. The van der Waals surface area contributed by atoms with Crippen LogP contribution in [0.25, 0.3) is 0 Å². The van der Waals surface area contributed by atoms with E-state index in [-0.39, 0.29) is 11.6 Å². The predicted octanol–water partition coefficient (Wildman–Crippen LogP) is 2.44. The molecule has 0 saturated heterocycles. The van der Waals surface area contributed by atoms with E-state index in [1.165, 1.54) is 6.92 Å². The van der Waals surface area contributed by atoms with Gasteiger partial charge in [0.1, 0.15) is 0 Å². The Bertz CT molecular complexity index is 693. The first-order valence-corrected chi connectivity index (χ1v) is 6.80. The summed E-state index contributed by atoms with van der Waals surface area (Å²) in [5.41, 5.74) is -3.41. The van der Waals surface area contributed by atoms with Crippen LogP contribution in [-0.4, -0.2) is 34.4 Å². The van der Waals surface area contributed by atoms with Gasteiger partial charge in [0.2, 0.25) is 0 Å². The van der Waals surface area contributed by atoms with Crippen molar-refractivity contribution in [2.45, 2.75) is 24.2 Å². The topological polar surface area (TPSA) is 69.6 Å². The number of benzene rings is 1. The molecule has 0 aliphatic heterocycles. The second-order valence-corrected chi connectivity index (χ2v) is 5.53. The minimum Gasteiger partial charge on any atom is -0.423 e. The molecule has 1 aromatic rings. The van der Waals surface area contributed by atoms with Gasteiger partial charge in [0.05, 0.1) is 11.3 Å². The van der Waals surface area contributed by atoms with Gasteiger partial charge < -0.3 is 15.4 Å². The number of halogens is 7. The number of alkyl halides is 7. The molecule has 0 radical (unpaired) electrons. The van der Waals surface area contributed by atoms with Gasteiger partial charge in [-0.25, -0.2) is 0 Å². The summed E-state index contributed by atoms with van der Waals surface area (Å²) in [5, 5.41) is 14.2. The molecule has 4 nitrogen and oxygen atoms in total. The number of hydrogen-bond acceptors (Lipinski definition) is 3. The maximum Gasteiger partial charge on any atom is 0.488 e. The summed E-state index contributed by atoms with van der Waals surface area (Å²) in [7, 11) is -2.20. The first-order valence-electron chi connectivity index (χ1n) is 6.42. The standard InChI is InChI=1S/C13H11BClF6NO3/c1-6(2)10(23)22-9-5-7(14(24)25)3-4-8(9)11(16,17)12(18,19)13(15,20)21/h3-5,24-25H,1H2,2H3,(H,22,23). The van der Waals surface area contributed by atoms with Crippen LogP contribution in [0.5, 0.6) is 0 Å². The average Bonchev–Trinajstić information content (AvgIpc) is 2.45. The van der Waals surface area contributed by atoms with Crippen LogP contribution in [0.15, 0.2) is 30.4 Å². The third-order valence-electron chi connectivity index (χ3n) is 3.07. The number of hydrogen-bond donors (Lipinski definition) is 3. The highest BCUT2D eigenvalue weighted by molar-refractivity contribution is 6.58. The van der Waals surface area contributed by atoms with Crippen molar-refractivity contribution in [2.75, 3.05) is 5.32 Å². The maximum absolute atomic E-state index is 14.1. The lowest BCUT2D eigenvalue weighted by Crippen LogP contribution is -2.50. The fourth-order valence-electron chi connectivity index (χ4n) is 1.68. The van der Waals surface area contributed by atoms with Crippen LogP contribution in [0, 0.1) is 0 Å². The Labute approximate surface area is 143 Å². The number of rotatable bonds is 6. The molecular formula is C13H11BClF6NO3. The van der Waals surface area contributed by atoms with Crippen molar-refractivity contribution < 1.29 is 41.2 Å². The highest BCUT2D eigenvalue weighted by Crippen LogP contribution is 2.54. The zero-order chi connectivity index (χ0) is 19.8. The highest BCUT2D eigenvalue weighted by Gasteiger charge is 2.72. The third-order valence-corrected chi connectivity index (χ3v) is 3.30. The van der Waals surface area contributed by atoms with Crippen molar-refractivity contribution in [2.24, 2.45) is 0 Å². The molecule has 1 rings (SSSR count). The van der Waals surface area contributed by atoms with E-state index < -0.39 is 47.0 Å². The van der Waals surface area contributed by atoms with Crippen LogP contribution in [0.2, 0.25) is 0 Å². The smallest absolute Gasteiger partial charge is 0.423 e. The molecule has 1 aromatic carbocycles. The van der Waals surface area contributed by atoms with Crippen LogP contribution in [0.4, 0.5) is 32.0 Å². The Kier molecular flexibility index (Phi) is 5.88. The van der Waals surface area contributed by atoms with Crippen LogP contribution >= 0.6 is 11.6 Å². The molecule has 1 amide bonds. The van der Waals surface area contributed by atoms with Crippen molar-refractivity contribution in [1.82, 2.24) is 0 Å². The molecule has 0 atom stereocenters. The summed E-state index contributed by atoms with van der Waals surface area (Å²) in [6, 6.07) is 1.36. The van der Waals surface area contributed by atoms with Gasteiger partial charge in [0, 0.05) is 5.57 Å². The lowest BCUT2D eigenvalue weighted by atomic mass is 9.79. The van der Waals surface area contributed by atoms with E-state index in [2.05, 4.69) is 18.2 Å². The molecule has 0 aromatic heterocycles. The first-order chi connectivity index (χ1) is 11.1. The molecule has 25 heavy (non-hydrogen) atoms. The Balaban J connectivity index is 3.57. The van der Waals surface area contributed by atoms with Gasteiger partial charge in [-0.05, 0) is 30.1 Å². The third kappa shape index (κ3) is 4.10. The Morgan fingerprint density at radius 1 is 1.20 bits per heavy atom. The van der Waals surface area contributed by atoms with Crippen molar-refractivity contribution in [3.63, 3.8) is 0 Å². The van der Waals surface area contributed by atoms with E-state index in [0.29, 0.717) is 12.1 Å². The lowest BCUT2D eigenvalue weighted by molar-refractivity contribution is -0.285. The van der Waals surface area contributed by atoms with Gasteiger partial charge in [-0.3, -0.25) is 4.79 Å². The van der Waals surface area contributed by atoms with Gasteiger partial charge in [-0.2, -0.15) is 26.3 Å². The van der Waals surface area contributed by atoms with Crippen molar-refractivity contribution in [1.29, 1.82) is 0 Å². The lowest BCUT2D eigenvalue weighted by Gasteiger charge is -2.31. The molecule has 0 unspecified atom stereocenters. The van der Waals surface area contributed by atoms with E-state index in [1.54, 1.807) is 5.32 Å². The molecule has 138 valence electrons. The second-order valence-electron chi connectivity index (χ2n) is 5.06. The molecule has 0 heterocycles. The van der Waals surface area contributed by atoms with Gasteiger partial charge in [0.25, 0.3) is 5.91 Å². The fraction of sp³-hybridized carbons (Fsp3) is 0.308. The van der Waals surface area contributed by atoms with Gasteiger partial charge in [-0.1, -0.05) is 18.7 Å². The molecule has 0 bridgehead atoms. The molecule has 3 N–H and O–H groups in total. The summed E-state index contributed by atoms with van der Waals surface area (Å²) < 4.78 is 80.6. The normalized spacial score (nSPS) is 12.7. The average molecular weight is 389 g/mol. The number of nitrogens with one attached hydrogen (secondary N) is 1. The monoisotopic (exact) mass is 389 g/mol. The minimum atomic E-state index is -6.01. The van der Waals surface area contributed by atoms with Gasteiger partial charge in [0.15, 0.2) is 0 Å². The molecule has 0 fully saturated rings. The van der Waals surface area contributed by atoms with Crippen molar-refractivity contribution in [3.05, 3.63) is 35.9 Å². The predicted molar refractivity (Wildman–Crippen MR) is 79.4 cm³/mol. The van der Waals surface area contributed by atoms with E-state index >= 15 is 0 Å². The maximum atomic E-state index is 14.1. The molecule has 0 saturated carbocycles. The zero-order valence-electron chi connectivity index (χ0n) is 12.5. The molecule has 12 heteroatoms. The Morgan fingerprint density at radius 3 is 2.12 bits per heavy atom. The minimum absolute atomic E-state index is 0.210. The van der Waals surface area contributed by atoms with E-state index in [1.807, 2.05) is 0 Å². The van der Waals surface area contributed by atoms with Crippen LogP contribution in [0.3, 0.4) is 0 Å². The summed E-state index contributed by atoms with van der Waals surface area (Å²) in [5.74, 6) is -12.6. The summed E-state index contributed by atoms with van der Waals surface area (Å²) in [4.78, 5) is 11.6. The summed E-state index contributed by atoms with van der Waals surface area (Å²) >= 11 is 4.10. The molecular weight excluding hydrogens is 378 g/mol. The first kappa shape index (κ1) is 21.3. The number of amides is 1. The molecule has 0 spiro atoms. The number of carbonyl (C=O) groups excluding carboxylic acids is 1. The van der Waals surface area contributed by atoms with Crippen LogP contribution in [0.1, 0.15) is 12.5 Å². The molecule has 0 aliphatic rings. The van der Waals surface area contributed by atoms with E-state index in [4.69, 9.17) is 10.0 Å². The van der Waals surface area contributed by atoms with Gasteiger partial charge in [-0.15, -0.1) is 0 Å². The zero-order valence-corrected chi connectivity index (χ0v) is 13.2. The SMILES string of the molecule is C=C(C)C(=O)Nc1cc(B(O)O)ccc1C(F)(F)C(F)(F)C(F)(F)Cl. The fourth-order valence-corrected chi connectivity index (χ4v) is 1.79. The van der Waals surface area contributed by atoms with E-state index in [9.17, 15) is 31.1 Å². The van der Waals surface area contributed by atoms with Crippen LogP contribution < -0.4 is 10.8 Å². The second kappa shape index (κ2) is 6.89. The summed E-state index contributed by atoms with van der Waals surface area (Å²) in [6.07, 6.45) is 0. The number of carbonyl (C=O) groups is 1.